The lowest BCUT2D eigenvalue weighted by Crippen LogP contribution is -2.28. The Bertz CT molecular complexity index is 1280. The monoisotopic (exact) mass is 529 g/mol. The van der Waals surface area contributed by atoms with Crippen LogP contribution in [0.5, 0.6) is 11.5 Å². The molecule has 0 saturated carbocycles. The minimum Gasteiger partial charge on any atom is -0.493 e. The maximum Gasteiger partial charge on any atom is 0.308 e. The van der Waals surface area contributed by atoms with Gasteiger partial charge in [0.1, 0.15) is 18.0 Å². The lowest BCUT2D eigenvalue weighted by molar-refractivity contribution is -0.147. The molecule has 2 unspecified atom stereocenters. The molecule has 2 atom stereocenters. The van der Waals surface area contributed by atoms with E-state index in [4.69, 9.17) is 35.3 Å². The summed E-state index contributed by atoms with van der Waals surface area (Å²) in [6.07, 6.45) is -1.50. The largest absolute Gasteiger partial charge is 0.493 e. The van der Waals surface area contributed by atoms with Gasteiger partial charge in [0, 0.05) is 28.7 Å². The molecule has 2 aromatic carbocycles. The molecule has 1 aliphatic heterocycles. The Morgan fingerprint density at radius 2 is 1.89 bits per heavy atom. The van der Waals surface area contributed by atoms with E-state index in [0.717, 1.165) is 16.8 Å². The van der Waals surface area contributed by atoms with Crippen LogP contribution >= 0.6 is 11.6 Å². The number of aromatic nitrogens is 3. The minimum absolute atomic E-state index is 0.0544. The van der Waals surface area contributed by atoms with Crippen LogP contribution in [0.2, 0.25) is 5.02 Å². The smallest absolute Gasteiger partial charge is 0.308 e. The van der Waals surface area contributed by atoms with E-state index < -0.39 is 23.6 Å². The fraction of sp³-hybridized carbons (Fsp3) is 0.444. The summed E-state index contributed by atoms with van der Waals surface area (Å²) in [6.45, 7) is 6.48. The normalized spacial score (nSPS) is 16.9. The van der Waals surface area contributed by atoms with Gasteiger partial charge in [0.2, 0.25) is 0 Å². The number of nitrogens with zero attached hydrogens (tertiary/aromatic N) is 3. The number of carbonyl (C=O) groups excluding carboxylic acids is 1. The number of rotatable bonds is 9. The molecule has 9 nitrogen and oxygen atoms in total. The SMILES string of the molecule is CCOC(=O)CC1OC(c2cccc(OC)c2OC)c2cc(Cl)ccc2-n2c1nnc2C(C)(C)COC. The minimum atomic E-state index is -0.772. The van der Waals surface area contributed by atoms with Gasteiger partial charge in [0.05, 0.1) is 39.5 Å². The van der Waals surface area contributed by atoms with Gasteiger partial charge in [-0.2, -0.15) is 0 Å². The molecule has 10 heteroatoms. The lowest BCUT2D eigenvalue weighted by atomic mass is 9.92. The summed E-state index contributed by atoms with van der Waals surface area (Å²) in [5.41, 5.74) is 1.76. The van der Waals surface area contributed by atoms with E-state index in [-0.39, 0.29) is 13.0 Å². The highest BCUT2D eigenvalue weighted by molar-refractivity contribution is 6.30. The van der Waals surface area contributed by atoms with Crippen molar-refractivity contribution in [1.29, 1.82) is 0 Å². The Kier molecular flexibility index (Phi) is 8.06. The molecule has 0 fully saturated rings. The van der Waals surface area contributed by atoms with Crippen molar-refractivity contribution < 1.29 is 28.5 Å². The molecule has 37 heavy (non-hydrogen) atoms. The van der Waals surface area contributed by atoms with Gasteiger partial charge in [-0.25, -0.2) is 0 Å². The van der Waals surface area contributed by atoms with Crippen LogP contribution in [0.15, 0.2) is 36.4 Å². The summed E-state index contributed by atoms with van der Waals surface area (Å²) in [7, 11) is 4.80. The van der Waals surface area contributed by atoms with Gasteiger partial charge in [0.15, 0.2) is 17.3 Å². The van der Waals surface area contributed by atoms with Crippen molar-refractivity contribution in [2.75, 3.05) is 34.5 Å². The third-order valence-electron chi connectivity index (χ3n) is 6.27. The summed E-state index contributed by atoms with van der Waals surface area (Å²) in [5, 5.41) is 9.59. The van der Waals surface area contributed by atoms with Gasteiger partial charge in [0.25, 0.3) is 0 Å². The van der Waals surface area contributed by atoms with Gasteiger partial charge in [-0.05, 0) is 31.2 Å². The predicted octanol–water partition coefficient (Wildman–Crippen LogP) is 4.98. The van der Waals surface area contributed by atoms with E-state index >= 15 is 0 Å². The molecule has 4 rings (SSSR count). The average molecular weight is 530 g/mol. The van der Waals surface area contributed by atoms with Crippen molar-refractivity contribution in [1.82, 2.24) is 14.8 Å². The van der Waals surface area contributed by atoms with Crippen LogP contribution in [0, 0.1) is 0 Å². The Morgan fingerprint density at radius 3 is 2.57 bits per heavy atom. The van der Waals surface area contributed by atoms with Gasteiger partial charge < -0.3 is 23.7 Å². The standard InChI is InChI=1S/C27H32ClN3O6/c1-7-36-22(32)14-21-25-29-30-26(27(2,3)15-33-4)31(25)19-12-11-16(28)13-18(19)23(37-21)17-9-8-10-20(34-5)24(17)35-6/h8-13,21,23H,7,14-15H2,1-6H3. The zero-order valence-corrected chi connectivity index (χ0v) is 22.7. The molecule has 0 N–H and O–H groups in total. The molecule has 0 amide bonds. The van der Waals surface area contributed by atoms with E-state index in [0.29, 0.717) is 34.8 Å². The highest BCUT2D eigenvalue weighted by atomic mass is 35.5. The van der Waals surface area contributed by atoms with Crippen LogP contribution in [-0.4, -0.2) is 55.3 Å². The van der Waals surface area contributed by atoms with Crippen LogP contribution in [0.25, 0.3) is 5.69 Å². The number of ether oxygens (including phenoxy) is 5. The number of para-hydroxylation sites is 1. The van der Waals surface area contributed by atoms with Crippen LogP contribution in [0.3, 0.4) is 0 Å². The molecular weight excluding hydrogens is 498 g/mol. The zero-order valence-electron chi connectivity index (χ0n) is 21.9. The summed E-state index contributed by atoms with van der Waals surface area (Å²) in [6, 6.07) is 11.1. The average Bonchev–Trinajstić information content (AvgIpc) is 3.27. The Morgan fingerprint density at radius 1 is 1.11 bits per heavy atom. The molecule has 0 spiro atoms. The molecule has 198 valence electrons. The van der Waals surface area contributed by atoms with Crippen molar-refractivity contribution in [3.8, 4) is 17.2 Å². The van der Waals surface area contributed by atoms with Crippen LogP contribution in [-0.2, 0) is 24.4 Å². The van der Waals surface area contributed by atoms with E-state index in [1.54, 1.807) is 28.3 Å². The molecular formula is C27H32ClN3O6. The third kappa shape index (κ3) is 5.16. The first kappa shape index (κ1) is 26.9. The summed E-state index contributed by atoms with van der Waals surface area (Å²) in [5.74, 6) is 1.83. The number of fused-ring (bicyclic) bond motifs is 3. The van der Waals surface area contributed by atoms with Gasteiger partial charge in [-0.1, -0.05) is 37.6 Å². The molecule has 2 heterocycles. The summed E-state index contributed by atoms with van der Waals surface area (Å²) < 4.78 is 30.7. The highest BCUT2D eigenvalue weighted by Gasteiger charge is 2.39. The first-order valence-corrected chi connectivity index (χ1v) is 12.4. The topological polar surface area (TPSA) is 93.9 Å². The zero-order chi connectivity index (χ0) is 26.7. The van der Waals surface area contributed by atoms with Crippen LogP contribution < -0.4 is 9.47 Å². The fourth-order valence-electron chi connectivity index (χ4n) is 4.71. The lowest BCUT2D eigenvalue weighted by Gasteiger charge is -2.25. The Hall–Kier alpha value is -3.14. The van der Waals surface area contributed by atoms with E-state index in [9.17, 15) is 4.79 Å². The van der Waals surface area contributed by atoms with Crippen molar-refractivity contribution in [3.05, 3.63) is 64.2 Å². The first-order valence-electron chi connectivity index (χ1n) is 12.0. The van der Waals surface area contributed by atoms with Gasteiger partial charge >= 0.3 is 5.97 Å². The highest BCUT2D eigenvalue weighted by Crippen LogP contribution is 2.47. The predicted molar refractivity (Wildman–Crippen MR) is 138 cm³/mol. The fourth-order valence-corrected chi connectivity index (χ4v) is 4.89. The van der Waals surface area contributed by atoms with Crippen molar-refractivity contribution in [3.63, 3.8) is 0 Å². The third-order valence-corrected chi connectivity index (χ3v) is 6.51. The second-order valence-corrected chi connectivity index (χ2v) is 9.77. The maximum atomic E-state index is 12.7. The second-order valence-electron chi connectivity index (χ2n) is 9.33. The summed E-state index contributed by atoms with van der Waals surface area (Å²) >= 11 is 6.51. The molecule has 0 bridgehead atoms. The number of hydrogen-bond donors (Lipinski definition) is 0. The van der Waals surface area contributed by atoms with Gasteiger partial charge in [-0.3, -0.25) is 9.36 Å². The van der Waals surface area contributed by atoms with E-state index in [1.165, 1.54) is 0 Å². The number of methoxy groups -OCH3 is 3. The van der Waals surface area contributed by atoms with Crippen LogP contribution in [0.4, 0.5) is 0 Å². The Balaban J connectivity index is 2.00. The first-order chi connectivity index (χ1) is 17.7. The number of halogens is 1. The number of carbonyl (C=O) groups is 1. The molecule has 0 saturated heterocycles. The van der Waals surface area contributed by atoms with Gasteiger partial charge in [-0.15, -0.1) is 10.2 Å². The molecule has 1 aliphatic rings. The molecule has 0 aliphatic carbocycles. The molecule has 1 aromatic heterocycles. The number of hydrogen-bond acceptors (Lipinski definition) is 8. The van der Waals surface area contributed by atoms with E-state index in [2.05, 4.69) is 10.2 Å². The quantitative estimate of drug-likeness (QED) is 0.358. The van der Waals surface area contributed by atoms with Crippen molar-refractivity contribution >= 4 is 17.6 Å². The number of esters is 1. The maximum absolute atomic E-state index is 12.7. The molecule has 3 aromatic rings. The summed E-state index contributed by atoms with van der Waals surface area (Å²) in [4.78, 5) is 12.7. The van der Waals surface area contributed by atoms with E-state index in [1.807, 2.05) is 54.8 Å². The second kappa shape index (κ2) is 11.1. The van der Waals surface area contributed by atoms with Crippen LogP contribution in [0.1, 0.15) is 62.2 Å². The number of benzene rings is 2. The van der Waals surface area contributed by atoms with Crippen molar-refractivity contribution in [2.24, 2.45) is 0 Å². The van der Waals surface area contributed by atoms with Crippen molar-refractivity contribution in [2.45, 2.75) is 44.8 Å². The molecule has 0 radical (unpaired) electrons. The Labute approximate surface area is 221 Å².